The molecule has 1 aromatic rings. The smallest absolute Gasteiger partial charge is 0.275 e. The van der Waals surface area contributed by atoms with Crippen LogP contribution in [0.1, 0.15) is 23.4 Å². The number of halogens is 1. The lowest BCUT2D eigenvalue weighted by Gasteiger charge is -2.15. The van der Waals surface area contributed by atoms with E-state index in [1.165, 1.54) is 0 Å². The second-order valence-corrected chi connectivity index (χ2v) is 3.88. The monoisotopic (exact) mass is 241 g/mol. The summed E-state index contributed by atoms with van der Waals surface area (Å²) in [5.74, 6) is -1.61. The molecule has 0 saturated heterocycles. The van der Waals surface area contributed by atoms with E-state index in [1.807, 2.05) is 6.92 Å². The van der Waals surface area contributed by atoms with Crippen LogP contribution in [0, 0.1) is 6.92 Å². The molecular formula is C11H12ClNO3. The third-order valence-electron chi connectivity index (χ3n) is 2.09. The molecule has 1 aromatic carbocycles. The predicted molar refractivity (Wildman–Crippen MR) is 59.1 cm³/mol. The van der Waals surface area contributed by atoms with Crippen molar-refractivity contribution in [2.75, 3.05) is 0 Å². The Morgan fingerprint density at radius 3 is 2.25 bits per heavy atom. The van der Waals surface area contributed by atoms with Gasteiger partial charge in [-0.2, -0.15) is 5.06 Å². The van der Waals surface area contributed by atoms with Gasteiger partial charge in [-0.25, -0.2) is 0 Å². The first-order valence-corrected chi connectivity index (χ1v) is 5.11. The second kappa shape index (κ2) is 5.09. The van der Waals surface area contributed by atoms with Gasteiger partial charge in [0.15, 0.2) is 0 Å². The molecular weight excluding hydrogens is 230 g/mol. The highest BCUT2D eigenvalue weighted by Gasteiger charge is 2.25. The minimum Gasteiger partial charge on any atom is -0.278 e. The van der Waals surface area contributed by atoms with E-state index in [0.29, 0.717) is 5.56 Å². The van der Waals surface area contributed by atoms with E-state index >= 15 is 0 Å². The maximum atomic E-state index is 11.5. The predicted octanol–water partition coefficient (Wildman–Crippen LogP) is 2.04. The van der Waals surface area contributed by atoms with Crippen molar-refractivity contribution < 1.29 is 14.8 Å². The molecule has 0 aliphatic carbocycles. The van der Waals surface area contributed by atoms with Gasteiger partial charge >= 0.3 is 0 Å². The minimum atomic E-state index is -1.06. The lowest BCUT2D eigenvalue weighted by molar-refractivity contribution is -0.177. The zero-order valence-electron chi connectivity index (χ0n) is 8.98. The van der Waals surface area contributed by atoms with E-state index in [-0.39, 0.29) is 5.06 Å². The van der Waals surface area contributed by atoms with Crippen LogP contribution in [-0.2, 0) is 9.59 Å². The van der Waals surface area contributed by atoms with Crippen LogP contribution in [-0.4, -0.2) is 22.1 Å². The van der Waals surface area contributed by atoms with Crippen LogP contribution in [0.5, 0.6) is 0 Å². The van der Waals surface area contributed by atoms with Crippen LogP contribution in [0.3, 0.4) is 0 Å². The SMILES string of the molecule is CC(=O)N(O)C(=O)C(Cl)c1ccc(C)cc1. The Hall–Kier alpha value is -1.39. The summed E-state index contributed by atoms with van der Waals surface area (Å²) in [6.45, 7) is 2.99. The number of aryl methyl sites for hydroxylation is 1. The topological polar surface area (TPSA) is 57.6 Å². The number of hydrogen-bond acceptors (Lipinski definition) is 3. The minimum absolute atomic E-state index is 0.0253. The number of amides is 2. The zero-order valence-corrected chi connectivity index (χ0v) is 9.73. The standard InChI is InChI=1S/C11H12ClNO3/c1-7-3-5-9(6-4-7)10(12)11(15)13(16)8(2)14/h3-6,10,16H,1-2H3. The summed E-state index contributed by atoms with van der Waals surface area (Å²) >= 11 is 5.84. The van der Waals surface area contributed by atoms with Gasteiger partial charge in [-0.1, -0.05) is 29.8 Å². The highest BCUT2D eigenvalue weighted by molar-refractivity contribution is 6.31. The molecule has 0 aliphatic heterocycles. The van der Waals surface area contributed by atoms with Gasteiger partial charge in [-0.05, 0) is 12.5 Å². The molecule has 0 fully saturated rings. The molecule has 0 bridgehead atoms. The average Bonchev–Trinajstić information content (AvgIpc) is 2.27. The Bertz CT molecular complexity index is 402. The van der Waals surface area contributed by atoms with Gasteiger partial charge in [-0.15, -0.1) is 11.6 Å². The Labute approximate surface area is 98.4 Å². The van der Waals surface area contributed by atoms with Gasteiger partial charge in [-0.3, -0.25) is 14.8 Å². The zero-order chi connectivity index (χ0) is 12.3. The summed E-state index contributed by atoms with van der Waals surface area (Å²) in [6, 6.07) is 6.96. The number of alkyl halides is 1. The first-order chi connectivity index (χ1) is 7.43. The van der Waals surface area contributed by atoms with Crippen LogP contribution < -0.4 is 0 Å². The maximum Gasteiger partial charge on any atom is 0.275 e. The van der Waals surface area contributed by atoms with Crippen molar-refractivity contribution in [2.24, 2.45) is 0 Å². The molecule has 1 rings (SSSR count). The van der Waals surface area contributed by atoms with E-state index in [4.69, 9.17) is 16.8 Å². The number of rotatable bonds is 2. The summed E-state index contributed by atoms with van der Waals surface area (Å²) < 4.78 is 0. The molecule has 86 valence electrons. The molecule has 5 heteroatoms. The number of carbonyl (C=O) groups excluding carboxylic acids is 2. The third kappa shape index (κ3) is 2.81. The molecule has 0 spiro atoms. The number of imide groups is 1. The van der Waals surface area contributed by atoms with Crippen LogP contribution in [0.15, 0.2) is 24.3 Å². The van der Waals surface area contributed by atoms with E-state index in [0.717, 1.165) is 12.5 Å². The van der Waals surface area contributed by atoms with Gasteiger partial charge < -0.3 is 0 Å². The molecule has 0 radical (unpaired) electrons. The van der Waals surface area contributed by atoms with Crippen LogP contribution in [0.2, 0.25) is 0 Å². The highest BCUT2D eigenvalue weighted by Crippen LogP contribution is 2.22. The molecule has 0 aliphatic rings. The molecule has 0 aromatic heterocycles. The fourth-order valence-electron chi connectivity index (χ4n) is 1.14. The quantitative estimate of drug-likeness (QED) is 0.490. The molecule has 2 amide bonds. The fraction of sp³-hybridized carbons (Fsp3) is 0.273. The normalized spacial score (nSPS) is 12.0. The number of benzene rings is 1. The summed E-state index contributed by atoms with van der Waals surface area (Å²) in [4.78, 5) is 22.3. The molecule has 0 saturated carbocycles. The van der Waals surface area contributed by atoms with Crippen molar-refractivity contribution in [1.82, 2.24) is 5.06 Å². The van der Waals surface area contributed by atoms with Crippen LogP contribution >= 0.6 is 11.6 Å². The largest absolute Gasteiger partial charge is 0.278 e. The van der Waals surface area contributed by atoms with Crippen molar-refractivity contribution >= 4 is 23.4 Å². The molecule has 4 nitrogen and oxygen atoms in total. The number of carbonyl (C=O) groups is 2. The Morgan fingerprint density at radius 2 is 1.81 bits per heavy atom. The lowest BCUT2D eigenvalue weighted by Crippen LogP contribution is -2.34. The van der Waals surface area contributed by atoms with Crippen LogP contribution in [0.4, 0.5) is 0 Å². The van der Waals surface area contributed by atoms with Crippen molar-refractivity contribution in [2.45, 2.75) is 19.2 Å². The van der Waals surface area contributed by atoms with Gasteiger partial charge in [0.25, 0.3) is 5.91 Å². The molecule has 0 heterocycles. The van der Waals surface area contributed by atoms with Gasteiger partial charge in [0.1, 0.15) is 5.38 Å². The van der Waals surface area contributed by atoms with Crippen LogP contribution in [0.25, 0.3) is 0 Å². The fourth-order valence-corrected chi connectivity index (χ4v) is 1.38. The van der Waals surface area contributed by atoms with Crippen molar-refractivity contribution in [1.29, 1.82) is 0 Å². The van der Waals surface area contributed by atoms with Gasteiger partial charge in [0.05, 0.1) is 0 Å². The Balaban J connectivity index is 2.85. The first-order valence-electron chi connectivity index (χ1n) is 4.67. The third-order valence-corrected chi connectivity index (χ3v) is 2.53. The first kappa shape index (κ1) is 12.7. The van der Waals surface area contributed by atoms with Crippen molar-refractivity contribution in [3.63, 3.8) is 0 Å². The summed E-state index contributed by atoms with van der Waals surface area (Å²) in [5, 5.41) is 8.10. The van der Waals surface area contributed by atoms with Crippen molar-refractivity contribution in [3.05, 3.63) is 35.4 Å². The van der Waals surface area contributed by atoms with Gasteiger partial charge in [0.2, 0.25) is 5.91 Å². The number of hydroxylamine groups is 2. The Morgan fingerprint density at radius 1 is 1.31 bits per heavy atom. The summed E-state index contributed by atoms with van der Waals surface area (Å²) in [5.41, 5.74) is 1.57. The summed E-state index contributed by atoms with van der Waals surface area (Å²) in [7, 11) is 0. The molecule has 16 heavy (non-hydrogen) atoms. The second-order valence-electron chi connectivity index (χ2n) is 3.44. The highest BCUT2D eigenvalue weighted by atomic mass is 35.5. The van der Waals surface area contributed by atoms with E-state index < -0.39 is 17.2 Å². The Kier molecular flexibility index (Phi) is 4.04. The maximum absolute atomic E-state index is 11.5. The molecule has 1 atom stereocenters. The molecule has 1 N–H and O–H groups in total. The van der Waals surface area contributed by atoms with E-state index in [9.17, 15) is 9.59 Å². The number of hydrogen-bond donors (Lipinski definition) is 1. The van der Waals surface area contributed by atoms with E-state index in [2.05, 4.69) is 0 Å². The number of nitrogens with zero attached hydrogens (tertiary/aromatic N) is 1. The average molecular weight is 242 g/mol. The van der Waals surface area contributed by atoms with Crippen molar-refractivity contribution in [3.8, 4) is 0 Å². The molecule has 1 unspecified atom stereocenters. The van der Waals surface area contributed by atoms with E-state index in [1.54, 1.807) is 24.3 Å². The lowest BCUT2D eigenvalue weighted by atomic mass is 10.1. The summed E-state index contributed by atoms with van der Waals surface area (Å²) in [6.07, 6.45) is 0. The van der Waals surface area contributed by atoms with Gasteiger partial charge in [0, 0.05) is 6.92 Å².